The number of nitrogens with zero attached hydrogens (tertiary/aromatic N) is 2. The van der Waals surface area contributed by atoms with Gasteiger partial charge in [0.15, 0.2) is 0 Å². The van der Waals surface area contributed by atoms with Gasteiger partial charge in [-0.15, -0.1) is 11.3 Å². The highest BCUT2D eigenvalue weighted by molar-refractivity contribution is 7.20. The SMILES string of the molecule is CCCCCC(C)NC(=O)Cn1cnc2sc(C(=O)OCC)c(C)c2c1=O. The van der Waals surface area contributed by atoms with E-state index in [1.165, 1.54) is 10.9 Å². The van der Waals surface area contributed by atoms with E-state index in [2.05, 4.69) is 17.2 Å². The zero-order chi connectivity index (χ0) is 20.0. The standard InChI is InChI=1S/C19H27N3O4S/c1-5-7-8-9-12(3)21-14(23)10-22-11-20-17-15(18(22)24)13(4)16(27-17)19(25)26-6-2/h11-12H,5-10H2,1-4H3,(H,21,23). The molecule has 0 aromatic carbocycles. The molecule has 2 rings (SSSR count). The first-order valence-electron chi connectivity index (χ1n) is 9.34. The predicted octanol–water partition coefficient (Wildman–Crippen LogP) is 3.03. The Balaban J connectivity index is 2.16. The molecule has 0 aliphatic rings. The molecule has 2 aromatic rings. The molecular formula is C19H27N3O4S. The second-order valence-corrected chi connectivity index (χ2v) is 7.60. The number of hydrogen-bond donors (Lipinski definition) is 1. The van der Waals surface area contributed by atoms with Crippen LogP contribution in [0.2, 0.25) is 0 Å². The monoisotopic (exact) mass is 393 g/mol. The molecule has 0 fully saturated rings. The molecule has 2 aromatic heterocycles. The Bertz CT molecular complexity index is 872. The first kappa shape index (κ1) is 21.1. The van der Waals surface area contributed by atoms with Crippen molar-refractivity contribution in [1.82, 2.24) is 14.9 Å². The maximum Gasteiger partial charge on any atom is 0.348 e. The fourth-order valence-corrected chi connectivity index (χ4v) is 3.94. The van der Waals surface area contributed by atoms with Crippen molar-refractivity contribution in [2.24, 2.45) is 0 Å². The van der Waals surface area contributed by atoms with Crippen molar-refractivity contribution in [3.8, 4) is 0 Å². The molecule has 0 spiro atoms. The third-order valence-electron chi connectivity index (χ3n) is 4.34. The number of carbonyl (C=O) groups excluding carboxylic acids is 2. The largest absolute Gasteiger partial charge is 0.462 e. The van der Waals surface area contributed by atoms with Gasteiger partial charge in [0.25, 0.3) is 5.56 Å². The molecule has 148 valence electrons. The zero-order valence-corrected chi connectivity index (χ0v) is 17.1. The number of unbranched alkanes of at least 4 members (excludes halogenated alkanes) is 2. The van der Waals surface area contributed by atoms with Crippen molar-refractivity contribution in [3.05, 3.63) is 27.1 Å². The Morgan fingerprint density at radius 2 is 2.07 bits per heavy atom. The van der Waals surface area contributed by atoms with Gasteiger partial charge in [-0.1, -0.05) is 26.2 Å². The number of aryl methyl sites for hydroxylation is 1. The molecule has 0 bridgehead atoms. The van der Waals surface area contributed by atoms with Crippen molar-refractivity contribution in [1.29, 1.82) is 0 Å². The second-order valence-electron chi connectivity index (χ2n) is 6.60. The summed E-state index contributed by atoms with van der Waals surface area (Å²) in [5.41, 5.74) is 0.228. The molecule has 1 atom stereocenters. The van der Waals surface area contributed by atoms with E-state index in [0.29, 0.717) is 20.7 Å². The van der Waals surface area contributed by atoms with Crippen molar-refractivity contribution >= 4 is 33.4 Å². The summed E-state index contributed by atoms with van der Waals surface area (Å²) >= 11 is 1.14. The molecule has 1 N–H and O–H groups in total. The topological polar surface area (TPSA) is 90.3 Å². The number of fused-ring (bicyclic) bond motifs is 1. The van der Waals surface area contributed by atoms with Crippen LogP contribution in [0.3, 0.4) is 0 Å². The van der Waals surface area contributed by atoms with Crippen LogP contribution in [-0.2, 0) is 16.1 Å². The highest BCUT2D eigenvalue weighted by Crippen LogP contribution is 2.27. The lowest BCUT2D eigenvalue weighted by Gasteiger charge is -2.14. The van der Waals surface area contributed by atoms with Crippen LogP contribution in [0.4, 0.5) is 0 Å². The third kappa shape index (κ3) is 5.15. The lowest BCUT2D eigenvalue weighted by atomic mass is 10.1. The van der Waals surface area contributed by atoms with E-state index >= 15 is 0 Å². The first-order valence-corrected chi connectivity index (χ1v) is 10.2. The van der Waals surface area contributed by atoms with E-state index in [4.69, 9.17) is 4.74 Å². The number of rotatable bonds is 9. The summed E-state index contributed by atoms with van der Waals surface area (Å²) in [6.45, 7) is 7.71. The van der Waals surface area contributed by atoms with Gasteiger partial charge < -0.3 is 10.1 Å². The van der Waals surface area contributed by atoms with E-state index in [1.807, 2.05) is 6.92 Å². The average molecular weight is 394 g/mol. The molecule has 1 unspecified atom stereocenters. The van der Waals surface area contributed by atoms with Gasteiger partial charge in [-0.2, -0.15) is 0 Å². The minimum atomic E-state index is -0.456. The summed E-state index contributed by atoms with van der Waals surface area (Å²) in [5.74, 6) is -0.677. The predicted molar refractivity (Wildman–Crippen MR) is 106 cm³/mol. The number of ether oxygens (including phenoxy) is 1. The maximum atomic E-state index is 12.8. The number of amides is 1. The Kier molecular flexibility index (Phi) is 7.53. The van der Waals surface area contributed by atoms with Gasteiger partial charge in [-0.25, -0.2) is 9.78 Å². The van der Waals surface area contributed by atoms with Crippen LogP contribution < -0.4 is 10.9 Å². The van der Waals surface area contributed by atoms with Crippen molar-refractivity contribution in [2.45, 2.75) is 66.0 Å². The van der Waals surface area contributed by atoms with Gasteiger partial charge in [0.2, 0.25) is 5.91 Å². The molecule has 0 saturated heterocycles. The minimum absolute atomic E-state index is 0.0646. The van der Waals surface area contributed by atoms with Crippen LogP contribution in [0, 0.1) is 6.92 Å². The molecule has 7 nitrogen and oxygen atoms in total. The van der Waals surface area contributed by atoms with Gasteiger partial charge in [0.1, 0.15) is 16.3 Å². The highest BCUT2D eigenvalue weighted by Gasteiger charge is 2.21. The molecule has 0 aliphatic heterocycles. The Morgan fingerprint density at radius 1 is 1.33 bits per heavy atom. The van der Waals surface area contributed by atoms with Gasteiger partial charge in [-0.05, 0) is 32.8 Å². The molecule has 8 heteroatoms. The number of aromatic nitrogens is 2. The maximum absolute atomic E-state index is 12.8. The summed E-state index contributed by atoms with van der Waals surface area (Å²) in [6.07, 6.45) is 5.61. The van der Waals surface area contributed by atoms with E-state index in [9.17, 15) is 14.4 Å². The normalized spacial score (nSPS) is 12.1. The molecule has 2 heterocycles. The molecule has 1 amide bonds. The van der Waals surface area contributed by atoms with Crippen molar-refractivity contribution in [2.75, 3.05) is 6.61 Å². The highest BCUT2D eigenvalue weighted by atomic mass is 32.1. The first-order chi connectivity index (χ1) is 12.9. The Hall–Kier alpha value is -2.22. The fraction of sp³-hybridized carbons (Fsp3) is 0.579. The summed E-state index contributed by atoms with van der Waals surface area (Å²) in [6, 6.07) is 0.0646. The molecular weight excluding hydrogens is 366 g/mol. The smallest absolute Gasteiger partial charge is 0.348 e. The van der Waals surface area contributed by atoms with Gasteiger partial charge in [0, 0.05) is 6.04 Å². The van der Waals surface area contributed by atoms with Gasteiger partial charge >= 0.3 is 5.97 Å². The van der Waals surface area contributed by atoms with Crippen LogP contribution in [0.25, 0.3) is 10.2 Å². The number of nitrogens with one attached hydrogen (secondary N) is 1. The van der Waals surface area contributed by atoms with E-state index < -0.39 is 5.97 Å². The number of thiophene rings is 1. The average Bonchev–Trinajstić information content (AvgIpc) is 2.95. The van der Waals surface area contributed by atoms with Crippen LogP contribution in [0.5, 0.6) is 0 Å². The third-order valence-corrected chi connectivity index (χ3v) is 5.52. The number of carbonyl (C=O) groups is 2. The van der Waals surface area contributed by atoms with Crippen LogP contribution in [0.1, 0.15) is 61.7 Å². The Morgan fingerprint density at radius 3 is 2.74 bits per heavy atom. The quantitative estimate of drug-likeness (QED) is 0.522. The van der Waals surface area contributed by atoms with E-state index in [1.54, 1.807) is 13.8 Å². The summed E-state index contributed by atoms with van der Waals surface area (Å²) in [5, 5.41) is 3.29. The zero-order valence-electron chi connectivity index (χ0n) is 16.3. The summed E-state index contributed by atoms with van der Waals surface area (Å²) in [7, 11) is 0. The van der Waals surface area contributed by atoms with Crippen molar-refractivity contribution < 1.29 is 14.3 Å². The summed E-state index contributed by atoms with van der Waals surface area (Å²) in [4.78, 5) is 42.2. The van der Waals surface area contributed by atoms with E-state index in [-0.39, 0.29) is 30.7 Å². The summed E-state index contributed by atoms with van der Waals surface area (Å²) < 4.78 is 6.31. The molecule has 0 radical (unpaired) electrons. The van der Waals surface area contributed by atoms with Gasteiger partial charge in [0.05, 0.1) is 18.3 Å². The Labute approximate surface area is 162 Å². The molecule has 0 saturated carbocycles. The van der Waals surface area contributed by atoms with Crippen LogP contribution >= 0.6 is 11.3 Å². The lowest BCUT2D eigenvalue weighted by Crippen LogP contribution is -2.37. The minimum Gasteiger partial charge on any atom is -0.462 e. The fourth-order valence-electron chi connectivity index (χ4n) is 2.91. The molecule has 0 aliphatic carbocycles. The van der Waals surface area contributed by atoms with E-state index in [0.717, 1.165) is 37.0 Å². The van der Waals surface area contributed by atoms with Crippen molar-refractivity contribution in [3.63, 3.8) is 0 Å². The number of hydrogen-bond acceptors (Lipinski definition) is 6. The molecule has 27 heavy (non-hydrogen) atoms. The second kappa shape index (κ2) is 9.64. The van der Waals surface area contributed by atoms with Crippen LogP contribution in [-0.4, -0.2) is 34.1 Å². The number of esters is 1. The lowest BCUT2D eigenvalue weighted by molar-refractivity contribution is -0.122. The van der Waals surface area contributed by atoms with Crippen LogP contribution in [0.15, 0.2) is 11.1 Å². The van der Waals surface area contributed by atoms with Gasteiger partial charge in [-0.3, -0.25) is 14.2 Å².